The van der Waals surface area contributed by atoms with Crippen molar-refractivity contribution < 1.29 is 9.32 Å². The first-order valence-corrected chi connectivity index (χ1v) is 8.05. The summed E-state index contributed by atoms with van der Waals surface area (Å²) in [5.74, 6) is 0.537. The third-order valence-electron chi connectivity index (χ3n) is 3.81. The minimum absolute atomic E-state index is 0.171. The van der Waals surface area contributed by atoms with E-state index < -0.39 is 0 Å². The van der Waals surface area contributed by atoms with E-state index >= 15 is 0 Å². The van der Waals surface area contributed by atoms with Gasteiger partial charge in [0.25, 0.3) is 5.91 Å². The van der Waals surface area contributed by atoms with Crippen molar-refractivity contribution in [3.05, 3.63) is 84.5 Å². The summed E-state index contributed by atoms with van der Waals surface area (Å²) in [4.78, 5) is 16.6. The lowest BCUT2D eigenvalue weighted by Crippen LogP contribution is -2.22. The summed E-state index contributed by atoms with van der Waals surface area (Å²) in [5, 5.41) is 10.9. The smallest absolute Gasteiger partial charge is 0.290 e. The van der Waals surface area contributed by atoms with Crippen LogP contribution in [0.4, 0.5) is 0 Å². The highest BCUT2D eigenvalue weighted by atomic mass is 16.5. The van der Waals surface area contributed by atoms with Crippen LogP contribution < -0.4 is 5.32 Å². The molecule has 3 aromatic heterocycles. The van der Waals surface area contributed by atoms with E-state index in [1.54, 1.807) is 23.1 Å². The molecule has 0 unspecified atom stereocenters. The van der Waals surface area contributed by atoms with E-state index in [-0.39, 0.29) is 11.7 Å². The Morgan fingerprint density at radius 2 is 1.96 bits per heavy atom. The van der Waals surface area contributed by atoms with E-state index in [4.69, 9.17) is 4.52 Å². The third kappa shape index (κ3) is 3.36. The van der Waals surface area contributed by atoms with Crippen LogP contribution in [0.3, 0.4) is 0 Å². The Balaban J connectivity index is 1.43. The largest absolute Gasteiger partial charge is 0.350 e. The summed E-state index contributed by atoms with van der Waals surface area (Å²) < 4.78 is 6.82. The molecule has 26 heavy (non-hydrogen) atoms. The number of pyridine rings is 1. The van der Waals surface area contributed by atoms with Gasteiger partial charge in [-0.2, -0.15) is 5.10 Å². The number of nitrogens with one attached hydrogen (secondary N) is 1. The van der Waals surface area contributed by atoms with Crippen LogP contribution in [0, 0.1) is 0 Å². The van der Waals surface area contributed by atoms with Gasteiger partial charge in [0, 0.05) is 36.8 Å². The van der Waals surface area contributed by atoms with E-state index in [0.717, 1.165) is 11.1 Å². The predicted octanol–water partition coefficient (Wildman–Crippen LogP) is 2.85. The molecule has 0 bridgehead atoms. The summed E-state index contributed by atoms with van der Waals surface area (Å²) >= 11 is 0. The summed E-state index contributed by atoms with van der Waals surface area (Å²) in [6.07, 6.45) is 5.18. The highest BCUT2D eigenvalue weighted by molar-refractivity contribution is 5.92. The normalized spacial score (nSPS) is 10.6. The van der Waals surface area contributed by atoms with Crippen molar-refractivity contribution in [1.29, 1.82) is 0 Å². The van der Waals surface area contributed by atoms with Gasteiger partial charge in [0.2, 0.25) is 5.76 Å². The molecule has 7 nitrogen and oxygen atoms in total. The highest BCUT2D eigenvalue weighted by Crippen LogP contribution is 2.18. The van der Waals surface area contributed by atoms with E-state index in [2.05, 4.69) is 20.6 Å². The molecular weight excluding hydrogens is 330 g/mol. The van der Waals surface area contributed by atoms with Crippen molar-refractivity contribution in [2.45, 2.75) is 6.54 Å². The molecule has 0 atom stereocenters. The molecule has 0 aliphatic rings. The van der Waals surface area contributed by atoms with Gasteiger partial charge in [-0.3, -0.25) is 4.79 Å². The number of hydrogen-bond donors (Lipinski definition) is 1. The van der Waals surface area contributed by atoms with Crippen molar-refractivity contribution in [1.82, 2.24) is 25.2 Å². The average molecular weight is 345 g/mol. The second-order valence-corrected chi connectivity index (χ2v) is 5.60. The van der Waals surface area contributed by atoms with Crippen molar-refractivity contribution in [3.8, 4) is 17.1 Å². The fraction of sp³-hybridized carbons (Fsp3) is 0.0526. The van der Waals surface area contributed by atoms with Crippen LogP contribution in [0.15, 0.2) is 77.7 Å². The first-order chi connectivity index (χ1) is 12.8. The van der Waals surface area contributed by atoms with Gasteiger partial charge >= 0.3 is 0 Å². The van der Waals surface area contributed by atoms with Crippen LogP contribution >= 0.6 is 0 Å². The molecular formula is C19H15N5O2. The fourth-order valence-electron chi connectivity index (χ4n) is 2.50. The van der Waals surface area contributed by atoms with Crippen molar-refractivity contribution in [2.24, 2.45) is 0 Å². The maximum atomic E-state index is 12.3. The second-order valence-electron chi connectivity index (χ2n) is 5.60. The molecule has 4 aromatic rings. The Bertz CT molecular complexity index is 1010. The fourth-order valence-corrected chi connectivity index (χ4v) is 2.50. The van der Waals surface area contributed by atoms with Crippen LogP contribution in [0.2, 0.25) is 0 Å². The Kier molecular flexibility index (Phi) is 4.26. The third-order valence-corrected chi connectivity index (χ3v) is 3.81. The minimum Gasteiger partial charge on any atom is -0.350 e. The summed E-state index contributed by atoms with van der Waals surface area (Å²) in [6, 6.07) is 16.7. The number of aromatic nitrogens is 4. The molecule has 0 saturated heterocycles. The zero-order valence-corrected chi connectivity index (χ0v) is 13.7. The quantitative estimate of drug-likeness (QED) is 0.601. The lowest BCUT2D eigenvalue weighted by atomic mass is 10.1. The van der Waals surface area contributed by atoms with Crippen LogP contribution in [0.25, 0.3) is 17.1 Å². The zero-order chi connectivity index (χ0) is 17.8. The summed E-state index contributed by atoms with van der Waals surface area (Å²) in [7, 11) is 0. The monoisotopic (exact) mass is 345 g/mol. The Hall–Kier alpha value is -3.74. The number of rotatable bonds is 5. The van der Waals surface area contributed by atoms with Gasteiger partial charge in [-0.05, 0) is 23.8 Å². The van der Waals surface area contributed by atoms with E-state index in [9.17, 15) is 4.79 Å². The molecule has 0 saturated carbocycles. The van der Waals surface area contributed by atoms with Gasteiger partial charge in [-0.15, -0.1) is 0 Å². The summed E-state index contributed by atoms with van der Waals surface area (Å²) in [5.41, 5.74) is 2.43. The van der Waals surface area contributed by atoms with Crippen molar-refractivity contribution in [2.75, 3.05) is 0 Å². The SMILES string of the molecule is O=C(NCc1ccnc(-n2cccn2)c1)c1cc(-c2ccccc2)no1. The van der Waals surface area contributed by atoms with Crippen LogP contribution in [0.5, 0.6) is 0 Å². The summed E-state index contributed by atoms with van der Waals surface area (Å²) in [6.45, 7) is 0.344. The molecule has 0 fully saturated rings. The second kappa shape index (κ2) is 7.02. The van der Waals surface area contributed by atoms with Gasteiger partial charge in [-0.1, -0.05) is 35.5 Å². The lowest BCUT2D eigenvalue weighted by molar-refractivity contribution is 0.0914. The standard InChI is InChI=1S/C19H15N5O2/c25-19(17-12-16(23-26-17)15-5-2-1-3-6-15)21-13-14-7-9-20-18(11-14)24-10-4-8-22-24/h1-12H,13H2,(H,21,25). The topological polar surface area (TPSA) is 85.8 Å². The molecule has 0 aliphatic heterocycles. The highest BCUT2D eigenvalue weighted by Gasteiger charge is 2.13. The molecule has 1 aromatic carbocycles. The molecule has 4 rings (SSSR count). The Labute approximate surface area is 149 Å². The van der Waals surface area contributed by atoms with Crippen molar-refractivity contribution >= 4 is 5.91 Å². The number of hydrogen-bond acceptors (Lipinski definition) is 5. The van der Waals surface area contributed by atoms with Gasteiger partial charge in [-0.25, -0.2) is 9.67 Å². The molecule has 3 heterocycles. The number of carbonyl (C=O) groups is 1. The average Bonchev–Trinajstić information content (AvgIpc) is 3.39. The van der Waals surface area contributed by atoms with Gasteiger partial charge in [0.15, 0.2) is 5.82 Å². The molecule has 1 amide bonds. The van der Waals surface area contributed by atoms with Gasteiger partial charge in [0.05, 0.1) is 0 Å². The number of amides is 1. The predicted molar refractivity (Wildman–Crippen MR) is 94.5 cm³/mol. The zero-order valence-electron chi connectivity index (χ0n) is 13.7. The molecule has 128 valence electrons. The molecule has 1 N–H and O–H groups in total. The Morgan fingerprint density at radius 1 is 1.08 bits per heavy atom. The number of nitrogens with zero attached hydrogens (tertiary/aromatic N) is 4. The first kappa shape index (κ1) is 15.8. The van der Waals surface area contributed by atoms with Gasteiger partial charge < -0.3 is 9.84 Å². The molecule has 0 radical (unpaired) electrons. The van der Waals surface area contributed by atoms with Crippen LogP contribution in [0.1, 0.15) is 16.1 Å². The van der Waals surface area contributed by atoms with Crippen molar-refractivity contribution in [3.63, 3.8) is 0 Å². The minimum atomic E-state index is -0.322. The molecule has 7 heteroatoms. The molecule has 0 aliphatic carbocycles. The maximum Gasteiger partial charge on any atom is 0.290 e. The van der Waals surface area contributed by atoms with E-state index in [0.29, 0.717) is 18.1 Å². The number of benzene rings is 1. The first-order valence-electron chi connectivity index (χ1n) is 8.05. The van der Waals surface area contributed by atoms with E-state index in [1.165, 1.54) is 0 Å². The van der Waals surface area contributed by atoms with Gasteiger partial charge in [0.1, 0.15) is 5.69 Å². The van der Waals surface area contributed by atoms with Crippen LogP contribution in [-0.4, -0.2) is 25.8 Å². The molecule has 0 spiro atoms. The van der Waals surface area contributed by atoms with E-state index in [1.807, 2.05) is 54.7 Å². The maximum absolute atomic E-state index is 12.3. The van der Waals surface area contributed by atoms with Crippen LogP contribution in [-0.2, 0) is 6.54 Å². The lowest BCUT2D eigenvalue weighted by Gasteiger charge is -2.05. The number of carbonyl (C=O) groups excluding carboxylic acids is 1. The Morgan fingerprint density at radius 3 is 2.77 bits per heavy atom.